The molecule has 0 heterocycles. The number of hydrogen-bond donors (Lipinski definition) is 1. The molecule has 12 heavy (non-hydrogen) atoms. The van der Waals surface area contributed by atoms with Crippen LogP contribution in [0.4, 0.5) is 8.78 Å². The molecule has 0 radical (unpaired) electrons. The molecule has 1 aromatic rings. The van der Waals surface area contributed by atoms with Crippen molar-refractivity contribution < 1.29 is 13.9 Å². The maximum Gasteiger partial charge on any atom is 0.168 e. The Morgan fingerprint density at radius 2 is 2.08 bits per heavy atom. The van der Waals surface area contributed by atoms with Crippen molar-refractivity contribution in [1.82, 2.24) is 0 Å². The van der Waals surface area contributed by atoms with Crippen LogP contribution in [0.3, 0.4) is 0 Å². The highest BCUT2D eigenvalue weighted by molar-refractivity contribution is 5.24. The summed E-state index contributed by atoms with van der Waals surface area (Å²) in [6, 6.07) is 3.98. The fourth-order valence-electron chi connectivity index (χ4n) is 0.794. The third kappa shape index (κ3) is 1.57. The Balaban J connectivity index is 3.15. The minimum Gasteiger partial charge on any atom is -0.374 e. The van der Waals surface area contributed by atoms with Crippen LogP contribution in [0, 0.1) is 23.0 Å². The van der Waals surface area contributed by atoms with Crippen molar-refractivity contribution in [1.29, 1.82) is 5.26 Å². The summed E-state index contributed by atoms with van der Waals surface area (Å²) in [6.07, 6.45) is -1.61. The van der Waals surface area contributed by atoms with Crippen LogP contribution in [0.1, 0.15) is 11.7 Å². The van der Waals surface area contributed by atoms with Crippen molar-refractivity contribution >= 4 is 0 Å². The SMILES string of the molecule is N#C[C@H](O)c1cc(F)ccc1F. The van der Waals surface area contributed by atoms with Crippen LogP contribution in [0.2, 0.25) is 0 Å². The van der Waals surface area contributed by atoms with E-state index >= 15 is 0 Å². The maximum absolute atomic E-state index is 12.7. The lowest BCUT2D eigenvalue weighted by Gasteiger charge is -2.02. The maximum atomic E-state index is 12.7. The highest BCUT2D eigenvalue weighted by Gasteiger charge is 2.11. The number of hydrogen-bond acceptors (Lipinski definition) is 2. The molecule has 0 aromatic heterocycles. The molecule has 4 heteroatoms. The minimum absolute atomic E-state index is 0.336. The minimum atomic E-state index is -1.61. The van der Waals surface area contributed by atoms with Gasteiger partial charge in [0.2, 0.25) is 0 Å². The van der Waals surface area contributed by atoms with Crippen molar-refractivity contribution in [3.8, 4) is 6.07 Å². The van der Waals surface area contributed by atoms with Crippen LogP contribution in [0.15, 0.2) is 18.2 Å². The molecule has 0 aliphatic rings. The number of benzene rings is 1. The molecule has 1 atom stereocenters. The van der Waals surface area contributed by atoms with Gasteiger partial charge < -0.3 is 5.11 Å². The molecule has 0 saturated heterocycles. The Morgan fingerprint density at radius 3 is 2.67 bits per heavy atom. The molecule has 0 amide bonds. The zero-order valence-electron chi connectivity index (χ0n) is 5.96. The first kappa shape index (κ1) is 8.62. The van der Waals surface area contributed by atoms with Crippen LogP contribution < -0.4 is 0 Å². The van der Waals surface area contributed by atoms with E-state index in [0.717, 1.165) is 18.2 Å². The molecule has 0 aliphatic carbocycles. The lowest BCUT2D eigenvalue weighted by Crippen LogP contribution is -1.98. The zero-order valence-corrected chi connectivity index (χ0v) is 5.96. The molecular formula is C8H5F2NO. The molecule has 62 valence electrons. The normalized spacial score (nSPS) is 12.2. The number of halogens is 2. The van der Waals surface area contributed by atoms with E-state index in [4.69, 9.17) is 10.4 Å². The number of nitriles is 1. The predicted octanol–water partition coefficient (Wildman–Crippen LogP) is 1.52. The highest BCUT2D eigenvalue weighted by atomic mass is 19.1. The lowest BCUT2D eigenvalue weighted by atomic mass is 10.1. The van der Waals surface area contributed by atoms with Gasteiger partial charge in [-0.2, -0.15) is 5.26 Å². The van der Waals surface area contributed by atoms with Crippen molar-refractivity contribution in [2.45, 2.75) is 6.10 Å². The number of aliphatic hydroxyl groups is 1. The summed E-state index contributed by atoms with van der Waals surface area (Å²) in [5.74, 6) is -1.47. The summed E-state index contributed by atoms with van der Waals surface area (Å²) in [6.45, 7) is 0. The first-order valence-electron chi connectivity index (χ1n) is 3.18. The van der Waals surface area contributed by atoms with Crippen LogP contribution >= 0.6 is 0 Å². The lowest BCUT2D eigenvalue weighted by molar-refractivity contribution is 0.229. The van der Waals surface area contributed by atoms with E-state index < -0.39 is 17.7 Å². The largest absolute Gasteiger partial charge is 0.374 e. The van der Waals surface area contributed by atoms with E-state index in [9.17, 15) is 8.78 Å². The van der Waals surface area contributed by atoms with Crippen LogP contribution in [-0.2, 0) is 0 Å². The van der Waals surface area contributed by atoms with Crippen LogP contribution in [0.5, 0.6) is 0 Å². The van der Waals surface area contributed by atoms with Gasteiger partial charge in [-0.3, -0.25) is 0 Å². The van der Waals surface area contributed by atoms with Gasteiger partial charge in [0.25, 0.3) is 0 Å². The molecule has 0 unspecified atom stereocenters. The summed E-state index contributed by atoms with van der Waals surface area (Å²) in [5, 5.41) is 17.1. The number of nitrogens with zero attached hydrogens (tertiary/aromatic N) is 1. The van der Waals surface area contributed by atoms with Crippen LogP contribution in [-0.4, -0.2) is 5.11 Å². The summed E-state index contributed by atoms with van der Waals surface area (Å²) < 4.78 is 25.2. The van der Waals surface area contributed by atoms with Gasteiger partial charge >= 0.3 is 0 Å². The van der Waals surface area contributed by atoms with Gasteiger partial charge in [0.15, 0.2) is 6.10 Å². The van der Waals surface area contributed by atoms with Crippen LogP contribution in [0.25, 0.3) is 0 Å². The third-order valence-corrected chi connectivity index (χ3v) is 1.37. The summed E-state index contributed by atoms with van der Waals surface area (Å²) in [5.41, 5.74) is -0.336. The Hall–Kier alpha value is -1.47. The average molecular weight is 169 g/mol. The summed E-state index contributed by atoms with van der Waals surface area (Å²) in [4.78, 5) is 0. The second-order valence-electron chi connectivity index (χ2n) is 2.20. The Bertz CT molecular complexity index is 332. The highest BCUT2D eigenvalue weighted by Crippen LogP contribution is 2.16. The van der Waals surface area contributed by atoms with Crippen molar-refractivity contribution in [3.63, 3.8) is 0 Å². The van der Waals surface area contributed by atoms with Gasteiger partial charge in [0, 0.05) is 5.56 Å². The van der Waals surface area contributed by atoms with Crippen molar-refractivity contribution in [2.75, 3.05) is 0 Å². The first-order chi connectivity index (χ1) is 5.65. The van der Waals surface area contributed by atoms with Gasteiger partial charge in [0.05, 0.1) is 6.07 Å². The quantitative estimate of drug-likeness (QED) is 0.647. The van der Waals surface area contributed by atoms with Gasteiger partial charge in [-0.1, -0.05) is 0 Å². The van der Waals surface area contributed by atoms with Gasteiger partial charge in [-0.25, -0.2) is 8.78 Å². The molecule has 0 spiro atoms. The zero-order chi connectivity index (χ0) is 9.14. The van der Waals surface area contributed by atoms with E-state index in [2.05, 4.69) is 0 Å². The predicted molar refractivity (Wildman–Crippen MR) is 36.9 cm³/mol. The Kier molecular flexibility index (Phi) is 2.36. The summed E-state index contributed by atoms with van der Waals surface area (Å²) in [7, 11) is 0. The van der Waals surface area contributed by atoms with E-state index in [-0.39, 0.29) is 5.56 Å². The monoisotopic (exact) mass is 169 g/mol. The van der Waals surface area contributed by atoms with E-state index in [1.807, 2.05) is 0 Å². The first-order valence-corrected chi connectivity index (χ1v) is 3.18. The van der Waals surface area contributed by atoms with Crippen molar-refractivity contribution in [2.24, 2.45) is 0 Å². The second-order valence-corrected chi connectivity index (χ2v) is 2.20. The van der Waals surface area contributed by atoms with E-state index in [0.29, 0.717) is 0 Å². The molecule has 1 N–H and O–H groups in total. The fraction of sp³-hybridized carbons (Fsp3) is 0.125. The molecule has 0 saturated carbocycles. The topological polar surface area (TPSA) is 44.0 Å². The Morgan fingerprint density at radius 1 is 1.42 bits per heavy atom. The standard InChI is InChI=1S/C8H5F2NO/c9-5-1-2-7(10)6(3-5)8(12)4-11/h1-3,8,12H/t8-/m0/s1. The third-order valence-electron chi connectivity index (χ3n) is 1.37. The number of aliphatic hydroxyl groups excluding tert-OH is 1. The fourth-order valence-corrected chi connectivity index (χ4v) is 0.794. The van der Waals surface area contributed by atoms with E-state index in [1.165, 1.54) is 6.07 Å². The molecule has 1 rings (SSSR count). The van der Waals surface area contributed by atoms with Gasteiger partial charge in [-0.15, -0.1) is 0 Å². The van der Waals surface area contributed by atoms with Crippen molar-refractivity contribution in [3.05, 3.63) is 35.4 Å². The average Bonchev–Trinajstić information content (AvgIpc) is 2.08. The van der Waals surface area contributed by atoms with Gasteiger partial charge in [-0.05, 0) is 18.2 Å². The second kappa shape index (κ2) is 3.28. The smallest absolute Gasteiger partial charge is 0.168 e. The molecule has 0 fully saturated rings. The molecule has 0 bridgehead atoms. The molecule has 2 nitrogen and oxygen atoms in total. The molecule has 0 aliphatic heterocycles. The molecular weight excluding hydrogens is 164 g/mol. The molecule has 1 aromatic carbocycles. The summed E-state index contributed by atoms with van der Waals surface area (Å²) >= 11 is 0. The van der Waals surface area contributed by atoms with E-state index in [1.54, 1.807) is 0 Å². The Labute approximate surface area is 67.7 Å². The van der Waals surface area contributed by atoms with Gasteiger partial charge in [0.1, 0.15) is 11.6 Å². The number of rotatable bonds is 1.